The summed E-state index contributed by atoms with van der Waals surface area (Å²) in [4.78, 5) is 62.5. The van der Waals surface area contributed by atoms with E-state index in [0.717, 1.165) is 34.2 Å². The molecule has 5 aliphatic rings. The van der Waals surface area contributed by atoms with Gasteiger partial charge in [-0.15, -0.1) is 0 Å². The molecular formula is C64H71Cl2FN12O6. The van der Waals surface area contributed by atoms with Gasteiger partial charge in [0.2, 0.25) is 5.91 Å². The largest absolute Gasteiger partial charge is 0.493 e. The summed E-state index contributed by atoms with van der Waals surface area (Å²) in [5.74, 6) is 0.504. The Bertz CT molecular complexity index is 3630. The number of nitrogens with two attached hydrogens (primary N) is 1. The first-order chi connectivity index (χ1) is 40.9. The fourth-order valence-electron chi connectivity index (χ4n) is 12.9. The number of fused-ring (bicyclic) bond motifs is 12. The molecule has 0 unspecified atom stereocenters. The Morgan fingerprint density at radius 2 is 1.64 bits per heavy atom. The standard InChI is InChI=1S/C64H71Cl2FN12O6/c1-7-85-55-34-42(62(2,3)4)12-17-47(55)59-72-64(41-10-13-43(65)14-11-41)50-35-44(66)15-19-49(50)63(64,5)79(59)61(82)76-26-24-75(25-27-76)28-30-84-32-31-83-29-20-56(80)70-21-23-78-54-39-74(6)60(81)46-18-16-45(67)36-48(46)52-9-8-22-77(52)53-33-40(38-71-58(53)69)57(54)51(37-68)73-78/h10-19,33-36,38,52H,7-9,20-32,39H2,1-6H3,(H2,69,71)(H,70,80)/t52-,63-,64-/m1/s1. The summed E-state index contributed by atoms with van der Waals surface area (Å²) in [6, 6.07) is 27.7. The van der Waals surface area contributed by atoms with Gasteiger partial charge in [-0.2, -0.15) is 10.4 Å². The van der Waals surface area contributed by atoms with Crippen molar-refractivity contribution in [2.24, 2.45) is 4.99 Å². The number of benzene rings is 4. The molecule has 85 heavy (non-hydrogen) atoms. The van der Waals surface area contributed by atoms with Crippen molar-refractivity contribution in [1.29, 1.82) is 5.26 Å². The number of nitrogen functional groups attached to an aromatic ring is 1. The number of pyridine rings is 1. The number of nitrogens with zero attached hydrogens (tertiary/aromatic N) is 10. The molecular weight excluding hydrogens is 1120 g/mol. The Kier molecular flexibility index (Phi) is 16.7. The first-order valence-electron chi connectivity index (χ1n) is 29.1. The quantitative estimate of drug-likeness (QED) is 0.0871. The Balaban J connectivity index is 0.675. The van der Waals surface area contributed by atoms with Gasteiger partial charge in [-0.1, -0.05) is 68.2 Å². The second-order valence-corrected chi connectivity index (χ2v) is 24.3. The fraction of sp³-hybridized carbons (Fsp3) is 0.422. The summed E-state index contributed by atoms with van der Waals surface area (Å²) in [6.45, 7) is 16.3. The number of nitriles is 1. The molecule has 0 spiro atoms. The molecule has 6 aromatic rings. The molecule has 2 bridgehead atoms. The van der Waals surface area contributed by atoms with Crippen LogP contribution in [0, 0.1) is 17.1 Å². The van der Waals surface area contributed by atoms with Crippen LogP contribution >= 0.6 is 23.2 Å². The van der Waals surface area contributed by atoms with Crippen LogP contribution in [-0.2, 0) is 43.9 Å². The van der Waals surface area contributed by atoms with Crippen LogP contribution in [-0.4, -0.2) is 144 Å². The number of amidine groups is 1. The van der Waals surface area contributed by atoms with Crippen molar-refractivity contribution in [3.05, 3.63) is 157 Å². The molecule has 2 fully saturated rings. The van der Waals surface area contributed by atoms with Crippen LogP contribution in [0.4, 0.5) is 20.7 Å². The zero-order valence-corrected chi connectivity index (χ0v) is 50.4. The molecule has 0 radical (unpaired) electrons. The smallest absolute Gasteiger partial charge is 0.326 e. The zero-order chi connectivity index (χ0) is 60.0. The maximum absolute atomic E-state index is 15.4. The van der Waals surface area contributed by atoms with Crippen LogP contribution in [0.5, 0.6) is 5.75 Å². The lowest BCUT2D eigenvalue weighted by Crippen LogP contribution is -2.66. The van der Waals surface area contributed by atoms with E-state index in [0.29, 0.717) is 127 Å². The maximum Gasteiger partial charge on any atom is 0.326 e. The Morgan fingerprint density at radius 3 is 2.38 bits per heavy atom. The highest BCUT2D eigenvalue weighted by molar-refractivity contribution is 6.31. The lowest BCUT2D eigenvalue weighted by Gasteiger charge is -2.56. The third-order valence-electron chi connectivity index (χ3n) is 17.3. The molecule has 4 amide bonds. The van der Waals surface area contributed by atoms with Gasteiger partial charge in [0.05, 0.1) is 69.1 Å². The number of hydrogen-bond donors (Lipinski definition) is 2. The van der Waals surface area contributed by atoms with Gasteiger partial charge in [0.15, 0.2) is 5.69 Å². The van der Waals surface area contributed by atoms with Gasteiger partial charge >= 0.3 is 6.03 Å². The highest BCUT2D eigenvalue weighted by atomic mass is 35.5. The van der Waals surface area contributed by atoms with E-state index in [2.05, 4.69) is 71.1 Å². The number of ether oxygens (including phenoxy) is 3. The van der Waals surface area contributed by atoms with Crippen molar-refractivity contribution in [2.75, 3.05) is 96.5 Å². The van der Waals surface area contributed by atoms with Crippen molar-refractivity contribution in [3.8, 4) is 22.9 Å². The lowest BCUT2D eigenvalue weighted by molar-refractivity contribution is -0.122. The average Bonchev–Trinajstić information content (AvgIpc) is 1.55. The molecule has 2 aromatic heterocycles. The van der Waals surface area contributed by atoms with E-state index in [4.69, 9.17) is 48.1 Å². The van der Waals surface area contributed by atoms with Crippen molar-refractivity contribution >= 4 is 58.4 Å². The number of hydrogen-bond acceptors (Lipinski definition) is 13. The molecule has 18 nitrogen and oxygen atoms in total. The topological polar surface area (TPSA) is 200 Å². The predicted octanol–water partition coefficient (Wildman–Crippen LogP) is 9.68. The van der Waals surface area contributed by atoms with Crippen LogP contribution in [0.15, 0.2) is 96.1 Å². The third-order valence-corrected chi connectivity index (χ3v) is 17.8. The normalized spacial score (nSPS) is 20.0. The van der Waals surface area contributed by atoms with E-state index in [1.165, 1.54) is 23.1 Å². The minimum Gasteiger partial charge on any atom is -0.493 e. The number of aliphatic imine (C=N–C) groups is 1. The second-order valence-electron chi connectivity index (χ2n) is 23.5. The van der Waals surface area contributed by atoms with E-state index < -0.39 is 16.9 Å². The van der Waals surface area contributed by atoms with Gasteiger partial charge in [0, 0.05) is 92.2 Å². The zero-order valence-electron chi connectivity index (χ0n) is 48.9. The van der Waals surface area contributed by atoms with E-state index in [-0.39, 0.29) is 73.5 Å². The molecule has 444 valence electrons. The molecule has 6 heterocycles. The van der Waals surface area contributed by atoms with Crippen molar-refractivity contribution in [2.45, 2.75) is 89.5 Å². The minimum absolute atomic E-state index is 0.0656. The van der Waals surface area contributed by atoms with Gasteiger partial charge in [-0.25, -0.2) is 19.2 Å². The van der Waals surface area contributed by atoms with Gasteiger partial charge in [-0.3, -0.25) is 24.1 Å². The van der Waals surface area contributed by atoms with Crippen molar-refractivity contribution in [1.82, 2.24) is 39.7 Å². The minimum atomic E-state index is -0.984. The summed E-state index contributed by atoms with van der Waals surface area (Å²) in [7, 11) is 1.67. The number of carbonyl (C=O) groups is 3. The molecule has 0 saturated carbocycles. The van der Waals surface area contributed by atoms with Crippen LogP contribution in [0.3, 0.4) is 0 Å². The lowest BCUT2D eigenvalue weighted by atomic mass is 9.54. The summed E-state index contributed by atoms with van der Waals surface area (Å²) >= 11 is 13.2. The van der Waals surface area contributed by atoms with Crippen LogP contribution in [0.2, 0.25) is 10.0 Å². The Morgan fingerprint density at radius 1 is 0.894 bits per heavy atom. The summed E-state index contributed by atoms with van der Waals surface area (Å²) < 4.78 is 34.6. The fourth-order valence-corrected chi connectivity index (χ4v) is 13.2. The second kappa shape index (κ2) is 24.0. The van der Waals surface area contributed by atoms with E-state index >= 15 is 4.79 Å². The highest BCUT2D eigenvalue weighted by Crippen LogP contribution is 2.66. The Hall–Kier alpha value is -7.60. The van der Waals surface area contributed by atoms with Gasteiger partial charge in [0.1, 0.15) is 40.4 Å². The number of rotatable bonds is 16. The number of aromatic nitrogens is 3. The van der Waals surface area contributed by atoms with E-state index in [9.17, 15) is 19.2 Å². The third kappa shape index (κ3) is 11.0. The molecule has 1 aliphatic carbocycles. The average molecular weight is 1190 g/mol. The summed E-state index contributed by atoms with van der Waals surface area (Å²) in [5.41, 5.74) is 12.5. The van der Waals surface area contributed by atoms with E-state index in [1.54, 1.807) is 17.9 Å². The number of urea groups is 1. The van der Waals surface area contributed by atoms with E-state index in [1.807, 2.05) is 71.3 Å². The van der Waals surface area contributed by atoms with Crippen LogP contribution < -0.4 is 20.7 Å². The molecule has 3 atom stereocenters. The molecule has 3 N–H and O–H groups in total. The number of anilines is 2. The molecule has 11 rings (SSSR count). The van der Waals surface area contributed by atoms with Crippen molar-refractivity contribution in [3.63, 3.8) is 0 Å². The van der Waals surface area contributed by atoms with Crippen LogP contribution in [0.1, 0.15) is 115 Å². The van der Waals surface area contributed by atoms with Gasteiger partial charge < -0.3 is 40.0 Å². The number of amides is 4. The number of piperazine rings is 1. The SMILES string of the molecule is CCOc1cc(C(C)(C)C)ccc1C1=N[C@]2(c3ccc(Cl)cc3)c3cc(Cl)ccc3[C@@]2(C)N1C(=O)N1CCN(CCOCCOCCC(=O)NCCn2nc(C#N)c3c2CN(C)C(=O)c2ccc(F)cc2[C@H]2CCCN2c2cc-3cnc2N)CC1. The molecule has 4 aromatic carbocycles. The maximum atomic E-state index is 15.4. The van der Waals surface area contributed by atoms with Crippen LogP contribution in [0.25, 0.3) is 11.1 Å². The Labute approximate surface area is 505 Å². The highest BCUT2D eigenvalue weighted by Gasteiger charge is 2.71. The van der Waals surface area contributed by atoms with Gasteiger partial charge in [-0.05, 0) is 121 Å². The molecule has 2 saturated heterocycles. The van der Waals surface area contributed by atoms with Gasteiger partial charge in [0.25, 0.3) is 5.91 Å². The first-order valence-corrected chi connectivity index (χ1v) is 29.9. The number of halogens is 3. The molecule has 4 aliphatic heterocycles. The monoisotopic (exact) mass is 1190 g/mol. The summed E-state index contributed by atoms with van der Waals surface area (Å²) in [6.07, 6.45) is 3.20. The van der Waals surface area contributed by atoms with Crippen molar-refractivity contribution < 1.29 is 33.0 Å². The first kappa shape index (κ1) is 59.1. The molecule has 21 heteroatoms. The summed E-state index contributed by atoms with van der Waals surface area (Å²) in [5, 5.41) is 19.1. The number of nitrogens with one attached hydrogen (secondary N) is 1. The number of carbonyl (C=O) groups excluding carboxylic acids is 3. The predicted molar refractivity (Wildman–Crippen MR) is 325 cm³/mol.